The molecule has 12 heteroatoms. The van der Waals surface area contributed by atoms with E-state index in [4.69, 9.17) is 4.74 Å². The molecule has 4 aromatic rings. The lowest BCUT2D eigenvalue weighted by molar-refractivity contribution is -0.182. The molecule has 216 valence electrons. The third-order valence-electron chi connectivity index (χ3n) is 6.25. The second-order valence-electron chi connectivity index (χ2n) is 9.71. The maximum Gasteiger partial charge on any atom is 0.410 e. The highest BCUT2D eigenvalue weighted by Crippen LogP contribution is 2.35. The molecule has 41 heavy (non-hydrogen) atoms. The summed E-state index contributed by atoms with van der Waals surface area (Å²) >= 11 is 1.41. The Morgan fingerprint density at radius 2 is 1.71 bits per heavy atom. The Kier molecular flexibility index (Phi) is 8.34. The number of halogens is 5. The maximum atomic E-state index is 14.5. The highest BCUT2D eigenvalue weighted by atomic mass is 32.2. The highest BCUT2D eigenvalue weighted by molar-refractivity contribution is 8.00. The monoisotopic (exact) mass is 591 g/mol. The summed E-state index contributed by atoms with van der Waals surface area (Å²) in [5.41, 5.74) is -1.50. The summed E-state index contributed by atoms with van der Waals surface area (Å²) < 4.78 is 78.8. The van der Waals surface area contributed by atoms with Crippen molar-refractivity contribution in [2.75, 3.05) is 10.5 Å². The Hall–Kier alpha value is -4.06. The number of aromatic nitrogens is 1. The molecule has 0 radical (unpaired) electrons. The summed E-state index contributed by atoms with van der Waals surface area (Å²) in [6.45, 7) is 5.21. The second-order valence-corrected chi connectivity index (χ2v) is 10.8. The summed E-state index contributed by atoms with van der Waals surface area (Å²) in [6, 6.07) is 11.7. The van der Waals surface area contributed by atoms with Crippen molar-refractivity contribution >= 4 is 34.4 Å². The van der Waals surface area contributed by atoms with Crippen LogP contribution in [0.3, 0.4) is 0 Å². The van der Waals surface area contributed by atoms with E-state index in [9.17, 15) is 31.5 Å². The number of nitrogens with one attached hydrogen (secondary N) is 2. The lowest BCUT2D eigenvalue weighted by atomic mass is 10.0. The normalized spacial score (nSPS) is 11.9. The molecule has 1 amide bonds. The standard InChI is InChI=1S/C29H26F5N3O3S/c1-5-41-36-19-8-11-25(40-24-10-7-18(30)13-21(24)31)23(14-19)37-15-16(2)26(38)20-9-6-17(12-22(20)37)27(39)35-28(3,4)29(32,33)34/h6-15,36H,5H2,1-4H3,(H,35,39). The minimum atomic E-state index is -4.70. The smallest absolute Gasteiger partial charge is 0.410 e. The van der Waals surface area contributed by atoms with Crippen molar-refractivity contribution in [2.24, 2.45) is 0 Å². The van der Waals surface area contributed by atoms with Gasteiger partial charge in [0.05, 0.1) is 11.2 Å². The molecule has 1 heterocycles. The Morgan fingerprint density at radius 3 is 2.37 bits per heavy atom. The first kappa shape index (κ1) is 29.9. The van der Waals surface area contributed by atoms with Gasteiger partial charge in [0.15, 0.2) is 22.7 Å². The van der Waals surface area contributed by atoms with Crippen LogP contribution >= 0.6 is 11.9 Å². The van der Waals surface area contributed by atoms with Crippen LogP contribution in [0.15, 0.2) is 65.6 Å². The van der Waals surface area contributed by atoms with Gasteiger partial charge in [-0.25, -0.2) is 8.78 Å². The number of hydrogen-bond donors (Lipinski definition) is 2. The fourth-order valence-electron chi connectivity index (χ4n) is 3.91. The van der Waals surface area contributed by atoms with Crippen molar-refractivity contribution in [1.29, 1.82) is 0 Å². The topological polar surface area (TPSA) is 72.4 Å². The fourth-order valence-corrected chi connectivity index (χ4v) is 4.35. The van der Waals surface area contributed by atoms with Crippen LogP contribution in [0.5, 0.6) is 11.5 Å². The van der Waals surface area contributed by atoms with Crippen molar-refractivity contribution < 1.29 is 31.5 Å². The van der Waals surface area contributed by atoms with Crippen LogP contribution in [0.25, 0.3) is 16.6 Å². The van der Waals surface area contributed by atoms with Gasteiger partial charge in [0.2, 0.25) is 0 Å². The lowest BCUT2D eigenvalue weighted by Gasteiger charge is -2.29. The molecule has 4 rings (SSSR count). The predicted molar refractivity (Wildman–Crippen MR) is 150 cm³/mol. The first-order chi connectivity index (χ1) is 19.2. The first-order valence-corrected chi connectivity index (χ1v) is 13.4. The van der Waals surface area contributed by atoms with E-state index in [2.05, 4.69) is 4.72 Å². The number of benzene rings is 3. The van der Waals surface area contributed by atoms with E-state index in [1.807, 2.05) is 12.2 Å². The van der Waals surface area contributed by atoms with Gasteiger partial charge in [-0.15, -0.1) is 0 Å². The highest BCUT2D eigenvalue weighted by Gasteiger charge is 2.48. The Balaban J connectivity index is 1.91. The van der Waals surface area contributed by atoms with Crippen LogP contribution in [0, 0.1) is 18.6 Å². The number of rotatable bonds is 8. The van der Waals surface area contributed by atoms with E-state index in [1.165, 1.54) is 40.9 Å². The molecule has 0 aliphatic carbocycles. The summed E-state index contributed by atoms with van der Waals surface area (Å²) in [4.78, 5) is 25.9. The quantitative estimate of drug-likeness (QED) is 0.164. The Bertz CT molecular complexity index is 1690. The molecule has 0 saturated heterocycles. The molecule has 0 fully saturated rings. The molecular weight excluding hydrogens is 565 g/mol. The Labute approximate surface area is 236 Å². The molecular formula is C29H26F5N3O3S. The molecule has 2 N–H and O–H groups in total. The molecule has 0 bridgehead atoms. The zero-order valence-corrected chi connectivity index (χ0v) is 23.3. The van der Waals surface area contributed by atoms with Crippen molar-refractivity contribution in [1.82, 2.24) is 9.88 Å². The largest absolute Gasteiger partial charge is 0.452 e. The summed E-state index contributed by atoms with van der Waals surface area (Å²) in [7, 11) is 0. The Morgan fingerprint density at radius 1 is 1.00 bits per heavy atom. The van der Waals surface area contributed by atoms with E-state index >= 15 is 0 Å². The van der Waals surface area contributed by atoms with Crippen LogP contribution in [0.2, 0.25) is 0 Å². The van der Waals surface area contributed by atoms with Crippen molar-refractivity contribution in [3.8, 4) is 17.2 Å². The number of nitrogens with zero attached hydrogens (tertiary/aromatic N) is 1. The van der Waals surface area contributed by atoms with Gasteiger partial charge in [-0.3, -0.25) is 9.59 Å². The van der Waals surface area contributed by atoms with Crippen molar-refractivity contribution in [3.63, 3.8) is 0 Å². The van der Waals surface area contributed by atoms with E-state index in [0.717, 1.165) is 31.7 Å². The maximum absolute atomic E-state index is 14.5. The fraction of sp³-hybridized carbons (Fsp3) is 0.241. The molecule has 0 atom stereocenters. The third-order valence-corrected chi connectivity index (χ3v) is 6.92. The zero-order chi connectivity index (χ0) is 30.1. The molecule has 0 aliphatic rings. The van der Waals surface area contributed by atoms with Gasteiger partial charge < -0.3 is 19.3 Å². The molecule has 3 aromatic carbocycles. The van der Waals surface area contributed by atoms with E-state index in [0.29, 0.717) is 23.0 Å². The van der Waals surface area contributed by atoms with Gasteiger partial charge in [0.25, 0.3) is 5.91 Å². The number of amides is 1. The number of ether oxygens (including phenoxy) is 1. The molecule has 0 unspecified atom stereocenters. The van der Waals surface area contributed by atoms with Gasteiger partial charge in [-0.2, -0.15) is 13.2 Å². The predicted octanol–water partition coefficient (Wildman–Crippen LogP) is 7.52. The molecule has 0 aliphatic heterocycles. The molecule has 0 spiro atoms. The van der Waals surface area contributed by atoms with E-state index in [1.54, 1.807) is 25.1 Å². The van der Waals surface area contributed by atoms with Crippen LogP contribution in [0.1, 0.15) is 36.7 Å². The number of carbonyl (C=O) groups is 1. The van der Waals surface area contributed by atoms with Crippen LogP contribution in [-0.4, -0.2) is 27.9 Å². The first-order valence-electron chi connectivity index (χ1n) is 12.4. The van der Waals surface area contributed by atoms with Crippen molar-refractivity contribution in [2.45, 2.75) is 39.4 Å². The van der Waals surface area contributed by atoms with Gasteiger partial charge in [-0.05, 0) is 69.3 Å². The van der Waals surface area contributed by atoms with Gasteiger partial charge in [-0.1, -0.05) is 18.9 Å². The van der Waals surface area contributed by atoms with Crippen LogP contribution in [-0.2, 0) is 0 Å². The molecule has 6 nitrogen and oxygen atoms in total. The minimum Gasteiger partial charge on any atom is -0.452 e. The number of pyridine rings is 1. The average molecular weight is 592 g/mol. The number of alkyl halides is 3. The number of anilines is 1. The van der Waals surface area contributed by atoms with Crippen LogP contribution in [0.4, 0.5) is 27.6 Å². The third kappa shape index (κ3) is 6.32. The molecule has 0 saturated carbocycles. The van der Waals surface area contributed by atoms with E-state index in [-0.39, 0.29) is 33.4 Å². The molecule has 1 aromatic heterocycles. The number of fused-ring (bicyclic) bond motifs is 1. The summed E-state index contributed by atoms with van der Waals surface area (Å²) in [5.74, 6) is -2.11. The van der Waals surface area contributed by atoms with Crippen LogP contribution < -0.4 is 20.2 Å². The van der Waals surface area contributed by atoms with E-state index < -0.39 is 29.3 Å². The lowest BCUT2D eigenvalue weighted by Crippen LogP contribution is -2.54. The van der Waals surface area contributed by atoms with Gasteiger partial charge >= 0.3 is 6.18 Å². The number of hydrogen-bond acceptors (Lipinski definition) is 5. The SMILES string of the molecule is CCSNc1ccc(Oc2ccc(F)cc2F)c(-n2cc(C)c(=O)c3ccc(C(=O)NC(C)(C)C(F)(F)F)cc32)c1. The second kappa shape index (κ2) is 11.4. The zero-order valence-electron chi connectivity index (χ0n) is 22.5. The average Bonchev–Trinajstić information content (AvgIpc) is 2.90. The minimum absolute atomic E-state index is 0.116. The summed E-state index contributed by atoms with van der Waals surface area (Å²) in [5, 5.41) is 2.18. The van der Waals surface area contributed by atoms with Gasteiger partial charge in [0.1, 0.15) is 11.4 Å². The van der Waals surface area contributed by atoms with Crippen molar-refractivity contribution in [3.05, 3.63) is 93.8 Å². The van der Waals surface area contributed by atoms with Gasteiger partial charge in [0, 0.05) is 40.2 Å². The summed E-state index contributed by atoms with van der Waals surface area (Å²) in [6.07, 6.45) is -3.21. The number of carbonyl (C=O) groups excluding carboxylic acids is 1. The number of aryl methyl sites for hydroxylation is 1.